The second kappa shape index (κ2) is 5.91. The van der Waals surface area contributed by atoms with Crippen molar-refractivity contribution in [1.82, 2.24) is 0 Å². The molecule has 2 N–H and O–H groups in total. The van der Waals surface area contributed by atoms with Crippen LogP contribution >= 0.6 is 0 Å². The van der Waals surface area contributed by atoms with Crippen LogP contribution < -0.4 is 10.0 Å². The summed E-state index contributed by atoms with van der Waals surface area (Å²) in [5.74, 6) is 0. The zero-order valence-electron chi connectivity index (χ0n) is 10.5. The standard InChI is InChI=1S/C12H20N2O2S/c1-4-10(5-2)13-11-8-6-7-9-12(11)14-17(3,15)16/h6-10,13-14H,4-5H2,1-3H3. The summed E-state index contributed by atoms with van der Waals surface area (Å²) in [6, 6.07) is 7.69. The number of rotatable bonds is 6. The van der Waals surface area contributed by atoms with E-state index in [1.807, 2.05) is 18.2 Å². The smallest absolute Gasteiger partial charge is 0.229 e. The Kier molecular flexibility index (Phi) is 4.81. The lowest BCUT2D eigenvalue weighted by atomic mass is 10.1. The van der Waals surface area contributed by atoms with Crippen molar-refractivity contribution in [2.24, 2.45) is 0 Å². The third-order valence-corrected chi connectivity index (χ3v) is 3.16. The van der Waals surface area contributed by atoms with Crippen LogP contribution in [0.4, 0.5) is 11.4 Å². The molecule has 0 saturated heterocycles. The summed E-state index contributed by atoms with van der Waals surface area (Å²) >= 11 is 0. The van der Waals surface area contributed by atoms with Crippen LogP contribution in [0.3, 0.4) is 0 Å². The van der Waals surface area contributed by atoms with Crippen molar-refractivity contribution >= 4 is 21.4 Å². The Morgan fingerprint density at radius 2 is 1.65 bits per heavy atom. The van der Waals surface area contributed by atoms with Crippen molar-refractivity contribution in [3.8, 4) is 0 Å². The van der Waals surface area contributed by atoms with E-state index >= 15 is 0 Å². The maximum atomic E-state index is 11.2. The van der Waals surface area contributed by atoms with E-state index in [4.69, 9.17) is 0 Å². The molecule has 0 aliphatic carbocycles. The van der Waals surface area contributed by atoms with E-state index in [1.54, 1.807) is 6.07 Å². The molecule has 0 heterocycles. The molecule has 1 rings (SSSR count). The van der Waals surface area contributed by atoms with Crippen LogP contribution in [0.2, 0.25) is 0 Å². The molecule has 0 atom stereocenters. The van der Waals surface area contributed by atoms with E-state index in [-0.39, 0.29) is 0 Å². The van der Waals surface area contributed by atoms with Crippen LogP contribution in [0, 0.1) is 0 Å². The zero-order valence-corrected chi connectivity index (χ0v) is 11.3. The maximum Gasteiger partial charge on any atom is 0.229 e. The molecule has 0 bridgehead atoms. The lowest BCUT2D eigenvalue weighted by Gasteiger charge is -2.19. The summed E-state index contributed by atoms with van der Waals surface area (Å²) in [7, 11) is -3.24. The second-order valence-corrected chi connectivity index (χ2v) is 5.83. The van der Waals surface area contributed by atoms with Crippen LogP contribution in [-0.4, -0.2) is 20.7 Å². The number of nitrogens with one attached hydrogen (secondary N) is 2. The molecule has 5 heteroatoms. The highest BCUT2D eigenvalue weighted by Crippen LogP contribution is 2.23. The molecule has 0 fully saturated rings. The van der Waals surface area contributed by atoms with E-state index in [1.165, 1.54) is 0 Å². The first-order valence-corrected chi connectivity index (χ1v) is 7.68. The Labute approximate surface area is 103 Å². The molecule has 17 heavy (non-hydrogen) atoms. The SMILES string of the molecule is CCC(CC)Nc1ccccc1NS(C)(=O)=O. The fraction of sp³-hybridized carbons (Fsp3) is 0.500. The highest BCUT2D eigenvalue weighted by atomic mass is 32.2. The molecule has 1 aromatic rings. The fourth-order valence-corrected chi connectivity index (χ4v) is 2.19. The third-order valence-electron chi connectivity index (χ3n) is 2.57. The summed E-state index contributed by atoms with van der Waals surface area (Å²) in [5, 5.41) is 3.34. The minimum absolute atomic E-state index is 0.359. The van der Waals surface area contributed by atoms with Gasteiger partial charge in [-0.05, 0) is 25.0 Å². The first-order valence-electron chi connectivity index (χ1n) is 5.79. The van der Waals surface area contributed by atoms with Crippen LogP contribution in [0.1, 0.15) is 26.7 Å². The average Bonchev–Trinajstić information content (AvgIpc) is 2.26. The van der Waals surface area contributed by atoms with Crippen molar-refractivity contribution in [1.29, 1.82) is 0 Å². The maximum absolute atomic E-state index is 11.2. The second-order valence-electron chi connectivity index (χ2n) is 4.08. The van der Waals surface area contributed by atoms with Crippen molar-refractivity contribution in [3.05, 3.63) is 24.3 Å². The van der Waals surface area contributed by atoms with Crippen molar-refractivity contribution in [3.63, 3.8) is 0 Å². The largest absolute Gasteiger partial charge is 0.381 e. The molecule has 0 aromatic heterocycles. The number of hydrogen-bond donors (Lipinski definition) is 2. The van der Waals surface area contributed by atoms with Gasteiger partial charge in [0, 0.05) is 6.04 Å². The fourth-order valence-electron chi connectivity index (χ4n) is 1.61. The molecule has 96 valence electrons. The summed E-state index contributed by atoms with van der Waals surface area (Å²) in [6.07, 6.45) is 3.16. The van der Waals surface area contributed by atoms with Gasteiger partial charge in [0.25, 0.3) is 0 Å². The van der Waals surface area contributed by atoms with E-state index in [0.717, 1.165) is 24.8 Å². The van der Waals surface area contributed by atoms with Crippen molar-refractivity contribution in [2.45, 2.75) is 32.7 Å². The topological polar surface area (TPSA) is 58.2 Å². The Morgan fingerprint density at radius 1 is 1.12 bits per heavy atom. The van der Waals surface area contributed by atoms with E-state index < -0.39 is 10.0 Å². The van der Waals surface area contributed by atoms with Gasteiger partial charge in [0.1, 0.15) is 0 Å². The van der Waals surface area contributed by atoms with Crippen LogP contribution in [0.15, 0.2) is 24.3 Å². The van der Waals surface area contributed by atoms with Gasteiger partial charge >= 0.3 is 0 Å². The van der Waals surface area contributed by atoms with E-state index in [2.05, 4.69) is 23.9 Å². The molecule has 0 saturated carbocycles. The Bertz CT molecular complexity index is 453. The van der Waals surface area contributed by atoms with Gasteiger partial charge in [0.2, 0.25) is 10.0 Å². The molecule has 0 unspecified atom stereocenters. The minimum Gasteiger partial charge on any atom is -0.381 e. The number of benzene rings is 1. The van der Waals surface area contributed by atoms with Gasteiger partial charge in [-0.15, -0.1) is 0 Å². The molecule has 4 nitrogen and oxygen atoms in total. The van der Waals surface area contributed by atoms with Crippen molar-refractivity contribution in [2.75, 3.05) is 16.3 Å². The van der Waals surface area contributed by atoms with Crippen LogP contribution in [-0.2, 0) is 10.0 Å². The summed E-state index contributed by atoms with van der Waals surface area (Å²) in [6.45, 7) is 4.21. The quantitative estimate of drug-likeness (QED) is 0.822. The summed E-state index contributed by atoms with van der Waals surface area (Å²) in [4.78, 5) is 0. The van der Waals surface area contributed by atoms with Gasteiger partial charge in [-0.1, -0.05) is 26.0 Å². The average molecular weight is 256 g/mol. The van der Waals surface area contributed by atoms with Crippen molar-refractivity contribution < 1.29 is 8.42 Å². The lowest BCUT2D eigenvalue weighted by Crippen LogP contribution is -2.19. The highest BCUT2D eigenvalue weighted by molar-refractivity contribution is 7.92. The van der Waals surface area contributed by atoms with E-state index in [9.17, 15) is 8.42 Å². The predicted octanol–water partition coefficient (Wildman–Crippen LogP) is 2.66. The molecule has 0 spiro atoms. The zero-order chi connectivity index (χ0) is 12.9. The van der Waals surface area contributed by atoms with E-state index in [0.29, 0.717) is 11.7 Å². The number of sulfonamides is 1. The lowest BCUT2D eigenvalue weighted by molar-refractivity contribution is 0.607. The first-order chi connectivity index (χ1) is 7.96. The molecule has 0 aliphatic heterocycles. The molecule has 0 aliphatic rings. The molecule has 0 amide bonds. The predicted molar refractivity (Wildman–Crippen MR) is 72.9 cm³/mol. The normalized spacial score (nSPS) is 11.5. The Morgan fingerprint density at radius 3 is 2.12 bits per heavy atom. The van der Waals surface area contributed by atoms with Crippen LogP contribution in [0.5, 0.6) is 0 Å². The molecule has 1 aromatic carbocycles. The number of para-hydroxylation sites is 2. The van der Waals surface area contributed by atoms with Gasteiger partial charge in [-0.2, -0.15) is 0 Å². The molecular formula is C12H20N2O2S. The molecular weight excluding hydrogens is 236 g/mol. The van der Waals surface area contributed by atoms with Gasteiger partial charge in [0.15, 0.2) is 0 Å². The monoisotopic (exact) mass is 256 g/mol. The summed E-state index contributed by atoms with van der Waals surface area (Å²) < 4.78 is 25.0. The molecule has 0 radical (unpaired) electrons. The number of hydrogen-bond acceptors (Lipinski definition) is 3. The first kappa shape index (κ1) is 13.8. The Balaban J connectivity index is 2.91. The Hall–Kier alpha value is -1.23. The minimum atomic E-state index is -3.24. The number of anilines is 2. The van der Waals surface area contributed by atoms with Gasteiger partial charge in [-0.25, -0.2) is 8.42 Å². The van der Waals surface area contributed by atoms with Gasteiger partial charge in [-0.3, -0.25) is 4.72 Å². The summed E-state index contributed by atoms with van der Waals surface area (Å²) in [5.41, 5.74) is 1.42. The van der Waals surface area contributed by atoms with Gasteiger partial charge < -0.3 is 5.32 Å². The highest BCUT2D eigenvalue weighted by Gasteiger charge is 2.09. The van der Waals surface area contributed by atoms with Crippen LogP contribution in [0.25, 0.3) is 0 Å². The third kappa shape index (κ3) is 4.65. The van der Waals surface area contributed by atoms with Gasteiger partial charge in [0.05, 0.1) is 17.6 Å².